The molecule has 2 heterocycles. The molecule has 2 aliphatic heterocycles. The Balaban J connectivity index is 1.32. The fourth-order valence-electron chi connectivity index (χ4n) is 5.92. The number of methoxy groups -OCH3 is 1. The van der Waals surface area contributed by atoms with Crippen molar-refractivity contribution in [2.45, 2.75) is 37.4 Å². The van der Waals surface area contributed by atoms with Crippen LogP contribution in [0.15, 0.2) is 78.9 Å². The van der Waals surface area contributed by atoms with Crippen molar-refractivity contribution in [1.29, 1.82) is 0 Å². The van der Waals surface area contributed by atoms with Crippen LogP contribution in [0.3, 0.4) is 0 Å². The van der Waals surface area contributed by atoms with Crippen LogP contribution in [-0.4, -0.2) is 65.8 Å². The minimum Gasteiger partial charge on any atom is -0.497 e. The van der Waals surface area contributed by atoms with Gasteiger partial charge in [0.05, 0.1) is 19.1 Å². The maximum absolute atomic E-state index is 14.4. The first-order valence-electron chi connectivity index (χ1n) is 13.2. The summed E-state index contributed by atoms with van der Waals surface area (Å²) in [5.74, 6) is 0.433. The zero-order valence-electron chi connectivity index (χ0n) is 21.3. The van der Waals surface area contributed by atoms with Gasteiger partial charge in [0.1, 0.15) is 5.75 Å². The lowest BCUT2D eigenvalue weighted by atomic mass is 9.78. The van der Waals surface area contributed by atoms with Gasteiger partial charge in [-0.2, -0.15) is 0 Å². The summed E-state index contributed by atoms with van der Waals surface area (Å²) in [6.07, 6.45) is 1.96. The van der Waals surface area contributed by atoms with Gasteiger partial charge in [-0.05, 0) is 47.7 Å². The van der Waals surface area contributed by atoms with Crippen molar-refractivity contribution in [3.05, 3.63) is 101 Å². The fourth-order valence-corrected chi connectivity index (χ4v) is 5.92. The molecule has 0 spiro atoms. The van der Waals surface area contributed by atoms with E-state index < -0.39 is 5.92 Å². The summed E-state index contributed by atoms with van der Waals surface area (Å²) in [6.45, 7) is 3.94. The van der Waals surface area contributed by atoms with E-state index in [4.69, 9.17) is 4.74 Å². The number of amides is 2. The number of nitrogens with zero attached hydrogens (tertiary/aromatic N) is 3. The van der Waals surface area contributed by atoms with Gasteiger partial charge in [0.25, 0.3) is 5.91 Å². The Kier molecular flexibility index (Phi) is 6.43. The van der Waals surface area contributed by atoms with Crippen molar-refractivity contribution in [2.24, 2.45) is 0 Å². The molecule has 6 nitrogen and oxygen atoms in total. The summed E-state index contributed by atoms with van der Waals surface area (Å²) in [7, 11) is 1.65. The lowest BCUT2D eigenvalue weighted by Gasteiger charge is -2.45. The maximum atomic E-state index is 14.4. The van der Waals surface area contributed by atoms with Crippen LogP contribution < -0.4 is 4.74 Å². The highest BCUT2D eigenvalue weighted by atomic mass is 16.5. The summed E-state index contributed by atoms with van der Waals surface area (Å²) < 4.78 is 5.52. The minimum atomic E-state index is -0.442. The van der Waals surface area contributed by atoms with Crippen molar-refractivity contribution in [3.8, 4) is 5.75 Å². The zero-order chi connectivity index (χ0) is 25.4. The maximum Gasteiger partial charge on any atom is 0.254 e. The van der Waals surface area contributed by atoms with Crippen LogP contribution in [0.5, 0.6) is 5.75 Å². The number of piperazine rings is 1. The molecule has 1 saturated heterocycles. The highest BCUT2D eigenvalue weighted by molar-refractivity contribution is 6.01. The average Bonchev–Trinajstić information content (AvgIpc) is 3.79. The quantitative estimate of drug-likeness (QED) is 0.506. The SMILES string of the molecule is COc1cccc(C2C(C(=O)N3CCN(Cc4ccccc4)CC3)c3ccccc3C(=O)N2C2CC2)c1. The molecule has 6 rings (SSSR count). The second-order valence-corrected chi connectivity index (χ2v) is 10.3. The Morgan fingerprint density at radius 2 is 1.62 bits per heavy atom. The molecule has 1 saturated carbocycles. The Morgan fingerprint density at radius 1 is 0.892 bits per heavy atom. The van der Waals surface area contributed by atoms with E-state index in [1.807, 2.05) is 64.4 Å². The average molecular weight is 496 g/mol. The van der Waals surface area contributed by atoms with Crippen LogP contribution >= 0.6 is 0 Å². The second kappa shape index (κ2) is 10.0. The smallest absolute Gasteiger partial charge is 0.254 e. The number of hydrogen-bond donors (Lipinski definition) is 0. The largest absolute Gasteiger partial charge is 0.497 e. The van der Waals surface area contributed by atoms with Gasteiger partial charge in [-0.1, -0.05) is 60.7 Å². The molecule has 3 aromatic carbocycles. The van der Waals surface area contributed by atoms with Gasteiger partial charge in [0.2, 0.25) is 5.91 Å². The van der Waals surface area contributed by atoms with Gasteiger partial charge in [-0.3, -0.25) is 14.5 Å². The molecule has 1 aliphatic carbocycles. The number of rotatable bonds is 6. The molecule has 190 valence electrons. The summed E-state index contributed by atoms with van der Waals surface area (Å²) in [4.78, 5) is 34.5. The van der Waals surface area contributed by atoms with Crippen LogP contribution in [0.25, 0.3) is 0 Å². The van der Waals surface area contributed by atoms with E-state index in [0.717, 1.165) is 49.4 Å². The van der Waals surface area contributed by atoms with Gasteiger partial charge in [-0.15, -0.1) is 0 Å². The lowest BCUT2D eigenvalue weighted by Crippen LogP contribution is -2.53. The van der Waals surface area contributed by atoms with Crippen LogP contribution in [0.2, 0.25) is 0 Å². The normalized spacial score (nSPS) is 22.0. The molecule has 3 aliphatic rings. The van der Waals surface area contributed by atoms with E-state index >= 15 is 0 Å². The molecular weight excluding hydrogens is 462 g/mol. The van der Waals surface area contributed by atoms with E-state index in [-0.39, 0.29) is 23.9 Å². The molecule has 2 amide bonds. The summed E-state index contributed by atoms with van der Waals surface area (Å²) in [5, 5.41) is 0. The molecule has 2 fully saturated rings. The third-order valence-corrected chi connectivity index (χ3v) is 7.95. The fraction of sp³-hybridized carbons (Fsp3) is 0.355. The van der Waals surface area contributed by atoms with E-state index in [1.165, 1.54) is 5.56 Å². The predicted octanol–water partition coefficient (Wildman–Crippen LogP) is 4.48. The van der Waals surface area contributed by atoms with Crippen molar-refractivity contribution in [2.75, 3.05) is 33.3 Å². The van der Waals surface area contributed by atoms with Crippen LogP contribution in [-0.2, 0) is 11.3 Å². The van der Waals surface area contributed by atoms with E-state index in [1.54, 1.807) is 7.11 Å². The molecule has 0 aromatic heterocycles. The van der Waals surface area contributed by atoms with E-state index in [2.05, 4.69) is 29.2 Å². The van der Waals surface area contributed by atoms with Gasteiger partial charge in [-0.25, -0.2) is 0 Å². The number of ether oxygens (including phenoxy) is 1. The first kappa shape index (κ1) is 23.7. The number of hydrogen-bond acceptors (Lipinski definition) is 4. The first-order chi connectivity index (χ1) is 18.1. The van der Waals surface area contributed by atoms with Crippen LogP contribution in [0, 0.1) is 0 Å². The van der Waals surface area contributed by atoms with E-state index in [9.17, 15) is 9.59 Å². The Bertz CT molecular complexity index is 1280. The summed E-state index contributed by atoms with van der Waals surface area (Å²) >= 11 is 0. The number of fused-ring (bicyclic) bond motifs is 1. The van der Waals surface area contributed by atoms with Gasteiger partial charge < -0.3 is 14.5 Å². The number of benzene rings is 3. The monoisotopic (exact) mass is 495 g/mol. The Morgan fingerprint density at radius 3 is 2.35 bits per heavy atom. The molecule has 0 N–H and O–H groups in total. The Hall–Kier alpha value is -3.64. The zero-order valence-corrected chi connectivity index (χ0v) is 21.3. The van der Waals surface area contributed by atoms with Gasteiger partial charge >= 0.3 is 0 Å². The van der Waals surface area contributed by atoms with E-state index in [0.29, 0.717) is 18.7 Å². The van der Waals surface area contributed by atoms with Crippen molar-refractivity contribution >= 4 is 11.8 Å². The predicted molar refractivity (Wildman–Crippen MR) is 142 cm³/mol. The molecular formula is C31H33N3O3. The van der Waals surface area contributed by atoms with Crippen LogP contribution in [0.1, 0.15) is 51.8 Å². The highest BCUT2D eigenvalue weighted by Gasteiger charge is 2.50. The molecule has 2 atom stereocenters. The third kappa shape index (κ3) is 4.62. The van der Waals surface area contributed by atoms with Crippen molar-refractivity contribution in [3.63, 3.8) is 0 Å². The highest BCUT2D eigenvalue weighted by Crippen LogP contribution is 2.48. The van der Waals surface area contributed by atoms with Crippen molar-refractivity contribution < 1.29 is 14.3 Å². The molecule has 2 unspecified atom stereocenters. The molecule has 3 aromatic rings. The first-order valence-corrected chi connectivity index (χ1v) is 13.2. The molecule has 0 bridgehead atoms. The lowest BCUT2D eigenvalue weighted by molar-refractivity contribution is -0.136. The molecule has 6 heteroatoms. The third-order valence-electron chi connectivity index (χ3n) is 7.95. The van der Waals surface area contributed by atoms with Gasteiger partial charge in [0, 0.05) is 44.3 Å². The number of carbonyl (C=O) groups is 2. The van der Waals surface area contributed by atoms with Crippen LogP contribution in [0.4, 0.5) is 0 Å². The second-order valence-electron chi connectivity index (χ2n) is 10.3. The molecule has 0 radical (unpaired) electrons. The summed E-state index contributed by atoms with van der Waals surface area (Å²) in [5.41, 5.74) is 3.75. The van der Waals surface area contributed by atoms with Crippen molar-refractivity contribution in [1.82, 2.24) is 14.7 Å². The standard InChI is InChI=1S/C31H33N3O3/c1-37-25-11-7-10-23(20-25)29-28(26-12-5-6-13-27(26)30(35)34(29)24-14-15-24)31(36)33-18-16-32(17-19-33)21-22-8-3-2-4-9-22/h2-13,20,24,28-29H,14-19,21H2,1H3. The topological polar surface area (TPSA) is 53.1 Å². The summed E-state index contributed by atoms with van der Waals surface area (Å²) in [6, 6.07) is 25.9. The number of carbonyl (C=O) groups excluding carboxylic acids is 2. The minimum absolute atomic E-state index is 0.0302. The van der Waals surface area contributed by atoms with Gasteiger partial charge in [0.15, 0.2) is 0 Å². The Labute approximate surface area is 218 Å². The molecule has 37 heavy (non-hydrogen) atoms.